The molecule has 0 radical (unpaired) electrons. The van der Waals surface area contributed by atoms with Gasteiger partial charge in [-0.1, -0.05) is 6.07 Å². The van der Waals surface area contributed by atoms with E-state index in [0.717, 1.165) is 19.2 Å². The number of hydrogen-bond acceptors (Lipinski definition) is 14. The molecule has 68 heavy (non-hydrogen) atoms. The molecule has 1 aromatic carbocycles. The number of amides is 6. The number of carboxylic acid groups (broad SMARTS) is 7. The van der Waals surface area contributed by atoms with Crippen molar-refractivity contribution in [1.29, 1.82) is 0 Å². The molecule has 1 heterocycles. The number of fused-ring (bicyclic) bond motifs is 1. The van der Waals surface area contributed by atoms with E-state index >= 15 is 0 Å². The summed E-state index contributed by atoms with van der Waals surface area (Å²) in [5, 5.41) is 77.6. The number of halogens is 2. The van der Waals surface area contributed by atoms with Crippen LogP contribution in [-0.4, -0.2) is 166 Å². The minimum Gasteiger partial charge on any atom is -0.481 e. The van der Waals surface area contributed by atoms with Gasteiger partial charge < -0.3 is 72.6 Å². The molecule has 0 aliphatic heterocycles. The van der Waals surface area contributed by atoms with E-state index in [-0.39, 0.29) is 16.5 Å². The second kappa shape index (κ2) is 25.2. The fraction of sp³-hybridized carbons (Fsp3) is 0.421. The molecule has 30 heteroatoms. The van der Waals surface area contributed by atoms with Gasteiger partial charge in [0, 0.05) is 49.7 Å². The van der Waals surface area contributed by atoms with E-state index < -0.39 is 182 Å². The molecule has 2 aromatic rings. The summed E-state index contributed by atoms with van der Waals surface area (Å²) in [6.07, 6.45) is -10.5. The number of aliphatic carboxylic acids is 6. The highest BCUT2D eigenvalue weighted by Crippen LogP contribution is 2.24. The van der Waals surface area contributed by atoms with Crippen molar-refractivity contribution in [3.05, 3.63) is 35.5 Å². The zero-order chi connectivity index (χ0) is 51.7. The molecule has 0 bridgehead atoms. The Morgan fingerprint density at radius 3 is 1.53 bits per heavy atom. The second-order valence-corrected chi connectivity index (χ2v) is 14.5. The van der Waals surface area contributed by atoms with E-state index in [1.807, 2.05) is 21.3 Å². The van der Waals surface area contributed by atoms with Crippen LogP contribution in [0.1, 0.15) is 61.4 Å². The van der Waals surface area contributed by atoms with E-state index in [1.165, 1.54) is 12.1 Å². The Morgan fingerprint density at radius 2 is 1.04 bits per heavy atom. The van der Waals surface area contributed by atoms with Gasteiger partial charge in [-0.2, -0.15) is 0 Å². The maximum absolute atomic E-state index is 14.2. The van der Waals surface area contributed by atoms with Gasteiger partial charge in [-0.3, -0.25) is 57.5 Å². The van der Waals surface area contributed by atoms with Crippen LogP contribution in [-0.2, 0) is 68.7 Å². The Hall–Kier alpha value is -8.60. The summed E-state index contributed by atoms with van der Waals surface area (Å²) in [6.45, 7) is 0.862. The molecular weight excluding hydrogens is 928 g/mol. The van der Waals surface area contributed by atoms with Crippen LogP contribution in [0.15, 0.2) is 24.4 Å². The maximum atomic E-state index is 14.2. The molecular formula is C38H43F2N7O21. The van der Waals surface area contributed by atoms with Crippen molar-refractivity contribution in [3.63, 3.8) is 0 Å². The first-order chi connectivity index (χ1) is 31.6. The maximum Gasteiger partial charge on any atom is 0.374 e. The summed E-state index contributed by atoms with van der Waals surface area (Å²) in [5.74, 6) is -26.5. The number of aromatic nitrogens is 1. The van der Waals surface area contributed by atoms with Crippen LogP contribution >= 0.6 is 0 Å². The van der Waals surface area contributed by atoms with Crippen molar-refractivity contribution in [2.24, 2.45) is 5.92 Å². The summed E-state index contributed by atoms with van der Waals surface area (Å²) in [6, 6.07) is -9.65. The molecule has 0 saturated heterocycles. The number of carbonyl (C=O) groups excluding carboxylic acids is 7. The van der Waals surface area contributed by atoms with Gasteiger partial charge in [0.05, 0.1) is 18.4 Å². The Labute approximate surface area is 378 Å². The van der Waals surface area contributed by atoms with E-state index in [2.05, 4.69) is 10.3 Å². The fourth-order valence-electron chi connectivity index (χ4n) is 6.27. The monoisotopic (exact) mass is 971 g/mol. The van der Waals surface area contributed by atoms with Gasteiger partial charge in [0.25, 0.3) is 5.78 Å². The quantitative estimate of drug-likeness (QED) is 0.0280. The number of aromatic amines is 1. The molecule has 0 spiro atoms. The van der Waals surface area contributed by atoms with Crippen molar-refractivity contribution in [2.45, 2.75) is 94.5 Å². The van der Waals surface area contributed by atoms with Gasteiger partial charge >= 0.3 is 41.8 Å². The lowest BCUT2D eigenvalue weighted by Gasteiger charge is -2.27. The van der Waals surface area contributed by atoms with Crippen molar-refractivity contribution >= 4 is 93.9 Å². The molecule has 0 unspecified atom stereocenters. The topological polar surface area (TPSA) is 469 Å². The summed E-state index contributed by atoms with van der Waals surface area (Å²) in [5.41, 5.74) is -0.380. The van der Waals surface area contributed by atoms with Crippen molar-refractivity contribution in [2.75, 3.05) is 0 Å². The fourth-order valence-corrected chi connectivity index (χ4v) is 6.27. The number of hydrogen-bond donors (Lipinski definition) is 14. The highest BCUT2D eigenvalue weighted by Gasteiger charge is 2.39. The molecule has 2 rings (SSSR count). The number of benzene rings is 1. The summed E-state index contributed by atoms with van der Waals surface area (Å²) in [7, 11) is 0. The minimum absolute atomic E-state index is 0.0980. The Bertz CT molecular complexity index is 2320. The van der Waals surface area contributed by atoms with Crippen molar-refractivity contribution in [1.82, 2.24) is 36.9 Å². The lowest BCUT2D eigenvalue weighted by Crippen LogP contribution is -2.60. The van der Waals surface area contributed by atoms with Gasteiger partial charge in [-0.25, -0.2) is 18.4 Å². The molecule has 0 fully saturated rings. The number of ketones is 1. The average molecular weight is 972 g/mol. The summed E-state index contributed by atoms with van der Waals surface area (Å²) >= 11 is 0. The van der Waals surface area contributed by atoms with E-state index in [1.54, 1.807) is 5.32 Å². The van der Waals surface area contributed by atoms with Crippen molar-refractivity contribution in [3.8, 4) is 0 Å². The third-order valence-corrected chi connectivity index (χ3v) is 9.40. The SMILES string of the molecule is CC(=O)N[C@@H](CC(=O)O)C(=O)N[C@H](CC(C(=O)O)C(=O)O)C(=O)N[C@@H](Cc1c[nH]c2cccc(C(=O)O)c12)C(=O)N[C@@H](CC(=O)O)C(=O)N[C@@H](CCC(=O)O)C(=O)N[C@@H](CC(F)F)C(=O)C(=O)O. The van der Waals surface area contributed by atoms with Gasteiger partial charge in [0.1, 0.15) is 36.3 Å². The van der Waals surface area contributed by atoms with Crippen LogP contribution in [0, 0.1) is 5.92 Å². The summed E-state index contributed by atoms with van der Waals surface area (Å²) in [4.78, 5) is 177. The molecule has 0 aliphatic carbocycles. The van der Waals surface area contributed by atoms with Gasteiger partial charge in [0.2, 0.25) is 41.9 Å². The minimum atomic E-state index is -3.39. The Kier molecular flexibility index (Phi) is 20.6. The number of aromatic carboxylic acids is 1. The average Bonchev–Trinajstić information content (AvgIpc) is 3.63. The third-order valence-electron chi connectivity index (χ3n) is 9.40. The number of H-pyrrole nitrogens is 1. The number of carboxylic acids is 7. The normalized spacial score (nSPS) is 13.6. The second-order valence-electron chi connectivity index (χ2n) is 14.5. The van der Waals surface area contributed by atoms with Crippen LogP contribution in [0.4, 0.5) is 8.78 Å². The van der Waals surface area contributed by atoms with Crippen LogP contribution in [0.3, 0.4) is 0 Å². The molecule has 1 aromatic heterocycles. The molecule has 0 aliphatic rings. The molecule has 370 valence electrons. The standard InChI is InChI=1S/C38H43F2N7O21/c1-13(48)42-22(10-26(51)52)33(59)46-21(8-16(36(63)64)37(65)66)32(58)45-20(7-14-12-41-17-4-2-3-15(28(14)17)35(61)62)31(57)47-23(11-27(53)54)34(60)43-18(5-6-25(49)50)30(56)44-19(9-24(39)40)29(55)38(67)68/h2-4,12,16,18-24,41H,5-11H2,1H3,(H,42,48)(H,43,60)(H,44,56)(H,45,58)(H,46,59)(H,47,57)(H,49,50)(H,51,52)(H,53,54)(H,61,62)(H,63,64)(H,65,66)(H,67,68)/t18-,19-,20-,21+,22-,23-/m0/s1. The number of rotatable bonds is 29. The Morgan fingerprint density at radius 1 is 0.574 bits per heavy atom. The van der Waals surface area contributed by atoms with Crippen LogP contribution in [0.2, 0.25) is 0 Å². The number of carbonyl (C=O) groups is 14. The first kappa shape index (κ1) is 55.5. The highest BCUT2D eigenvalue weighted by molar-refractivity contribution is 6.35. The number of nitrogens with one attached hydrogen (secondary N) is 7. The van der Waals surface area contributed by atoms with E-state index in [4.69, 9.17) is 5.11 Å². The molecule has 6 atom stereocenters. The zero-order valence-electron chi connectivity index (χ0n) is 35.0. The molecule has 28 nitrogen and oxygen atoms in total. The highest BCUT2D eigenvalue weighted by atomic mass is 19.3. The first-order valence-corrected chi connectivity index (χ1v) is 19.4. The van der Waals surface area contributed by atoms with Gasteiger partial charge in [-0.15, -0.1) is 0 Å². The summed E-state index contributed by atoms with van der Waals surface area (Å²) < 4.78 is 26.4. The zero-order valence-corrected chi connectivity index (χ0v) is 35.0. The number of alkyl halides is 2. The first-order valence-electron chi connectivity index (χ1n) is 19.4. The largest absolute Gasteiger partial charge is 0.481 e. The third kappa shape index (κ3) is 17.1. The van der Waals surface area contributed by atoms with Crippen LogP contribution < -0.4 is 31.9 Å². The van der Waals surface area contributed by atoms with Crippen molar-refractivity contribution < 1.29 is 112 Å². The molecule has 6 amide bonds. The van der Waals surface area contributed by atoms with Crippen LogP contribution in [0.5, 0.6) is 0 Å². The number of Topliss-reactive ketones (excluding diaryl/α,β-unsaturated/α-hetero) is 1. The van der Waals surface area contributed by atoms with E-state index in [0.29, 0.717) is 0 Å². The Balaban J connectivity index is 2.73. The molecule has 14 N–H and O–H groups in total. The van der Waals surface area contributed by atoms with Gasteiger partial charge in [0.15, 0.2) is 5.92 Å². The van der Waals surface area contributed by atoms with Crippen LogP contribution in [0.25, 0.3) is 10.9 Å². The van der Waals surface area contributed by atoms with E-state index in [9.17, 15) is 107 Å². The predicted octanol–water partition coefficient (Wildman–Crippen LogP) is -3.36. The lowest BCUT2D eigenvalue weighted by atomic mass is 9.97. The molecule has 0 saturated carbocycles. The lowest BCUT2D eigenvalue weighted by molar-refractivity contribution is -0.156. The van der Waals surface area contributed by atoms with Gasteiger partial charge in [-0.05, 0) is 24.1 Å². The smallest absolute Gasteiger partial charge is 0.374 e. The predicted molar refractivity (Wildman–Crippen MR) is 214 cm³/mol.